The molecule has 5 fully saturated rings. The van der Waals surface area contributed by atoms with E-state index in [0.29, 0.717) is 0 Å². The van der Waals surface area contributed by atoms with Crippen LogP contribution in [0.1, 0.15) is 448 Å². The lowest BCUT2D eigenvalue weighted by Crippen LogP contribution is -2.15. The van der Waals surface area contributed by atoms with E-state index in [2.05, 4.69) is 156 Å². The summed E-state index contributed by atoms with van der Waals surface area (Å²) in [6.07, 6.45) is 93.5. The molecule has 0 atom stereocenters. The van der Waals surface area contributed by atoms with Crippen molar-refractivity contribution in [1.29, 1.82) is 0 Å². The average molecular weight is 1760 g/mol. The second-order valence-corrected chi connectivity index (χ2v) is 40.5. The van der Waals surface area contributed by atoms with Crippen LogP contribution in [0.5, 0.6) is 0 Å². The summed E-state index contributed by atoms with van der Waals surface area (Å²) in [7, 11) is 0. The van der Waals surface area contributed by atoms with Crippen LogP contribution in [0.2, 0.25) is 0 Å². The van der Waals surface area contributed by atoms with Gasteiger partial charge in [0.1, 0.15) is 0 Å². The lowest BCUT2D eigenvalue weighted by molar-refractivity contribution is 0.248. The van der Waals surface area contributed by atoms with Gasteiger partial charge >= 0.3 is 0 Å². The van der Waals surface area contributed by atoms with Crippen molar-refractivity contribution in [2.75, 3.05) is 0 Å². The van der Waals surface area contributed by atoms with E-state index >= 15 is 0 Å². The molecule has 5 aromatic rings. The third kappa shape index (κ3) is 56.8. The van der Waals surface area contributed by atoms with Crippen molar-refractivity contribution < 1.29 is 23.5 Å². The highest BCUT2D eigenvalue weighted by molar-refractivity contribution is 7.81. The van der Waals surface area contributed by atoms with Gasteiger partial charge in [-0.3, -0.25) is 23.5 Å². The zero-order valence-corrected chi connectivity index (χ0v) is 81.4. The van der Waals surface area contributed by atoms with Crippen molar-refractivity contribution in [3.63, 3.8) is 0 Å². The van der Waals surface area contributed by atoms with E-state index in [0.717, 1.165) is 83.7 Å². The van der Waals surface area contributed by atoms with Crippen LogP contribution in [0.4, 0.5) is 23.5 Å². The molecule has 5 aliphatic rings. The number of hydrogen-bond acceptors (Lipinski definition) is 0. The van der Waals surface area contributed by atoms with E-state index in [1.807, 2.05) is 0 Å². The van der Waals surface area contributed by atoms with E-state index in [4.69, 9.17) is 63.1 Å². The third-order valence-corrected chi connectivity index (χ3v) is 29.8. The number of aryl methyl sites for hydroxylation is 5. The largest absolute Gasteiger partial charge is 0.269 e. The summed E-state index contributed by atoms with van der Waals surface area (Å²) in [5.74, 6) is 10.1. The van der Waals surface area contributed by atoms with Crippen LogP contribution in [0.15, 0.2) is 146 Å². The minimum atomic E-state index is 0. The van der Waals surface area contributed by atoms with E-state index in [9.17, 15) is 0 Å². The molecule has 0 nitrogen and oxygen atoms in total. The molecule has 0 saturated heterocycles. The molecule has 10 heteroatoms. The van der Waals surface area contributed by atoms with Gasteiger partial charge in [0.05, 0.1) is 0 Å². The number of rotatable bonds is 50. The Morgan fingerprint density at radius 3 is 0.392 bits per heavy atom. The zero-order valence-electron chi connectivity index (χ0n) is 77.4. The van der Waals surface area contributed by atoms with E-state index in [1.54, 1.807) is 0 Å². The van der Waals surface area contributed by atoms with Crippen LogP contribution in [-0.2, 0) is 32.1 Å². The van der Waals surface area contributed by atoms with Crippen molar-refractivity contribution >= 4 is 63.1 Å². The molecule has 0 amide bonds. The summed E-state index contributed by atoms with van der Waals surface area (Å²) in [5.41, 5.74) is 7.33. The van der Waals surface area contributed by atoms with Gasteiger partial charge in [-0.05, 0) is 212 Å². The summed E-state index contributed by atoms with van der Waals surface area (Å²) >= 11 is 25.8. The minimum absolute atomic E-state index is 0. The molecule has 0 unspecified atom stereocenters. The molecule has 120 heavy (non-hydrogen) atoms. The smallest absolute Gasteiger partial charge is 0.0377 e. The SMILES string of the molecule is CCCCCCCC[C@H]1CC[C@H](CCc2ccc([S])cc2)CC1.CCCCCCCC[C@H]1CC[C@H](CCc2ccc([S])cc2)CC1.CCCCCCCC[C@H]1CC[C@H](CCc2ccc([S])cc2)CC1.CCCCCCCC[C@H]1CC[C@H](CCc2ccc([S])cc2)CC1.CCCCCCCC[C@H]1CC[C@H](CCc2ccc([S])cc2)CC1.F.F.F.F.F. The summed E-state index contributed by atoms with van der Waals surface area (Å²) in [6.45, 7) is 11.5. The molecule has 5 aromatic carbocycles. The maximum Gasteiger partial charge on any atom is 0.0377 e. The molecule has 0 spiro atoms. The topological polar surface area (TPSA) is 0 Å². The fraction of sp³-hybridized carbons (Fsp3) is 0.727. The minimum Gasteiger partial charge on any atom is -0.269 e. The molecular formula is C110H180F5S5. The highest BCUT2D eigenvalue weighted by Gasteiger charge is 2.26. The Kier molecular flexibility index (Phi) is 72.7. The van der Waals surface area contributed by atoms with Crippen LogP contribution in [-0.4, -0.2) is 0 Å². The number of halogens is 5. The Morgan fingerprint density at radius 2 is 0.267 bits per heavy atom. The molecule has 5 radical (unpaired) electrons. The molecule has 0 N–H and O–H groups in total. The van der Waals surface area contributed by atoms with Gasteiger partial charge in [-0.25, -0.2) is 0 Å². The molecule has 0 aliphatic heterocycles. The monoisotopic (exact) mass is 1760 g/mol. The Morgan fingerprint density at radius 1 is 0.158 bits per heavy atom. The van der Waals surface area contributed by atoms with Crippen LogP contribution >= 0.6 is 63.1 Å². The molecule has 0 bridgehead atoms. The van der Waals surface area contributed by atoms with E-state index in [-0.39, 0.29) is 23.5 Å². The first-order valence-corrected chi connectivity index (χ1v) is 52.2. The number of hydrogen-bond donors (Lipinski definition) is 0. The Labute approximate surface area is 765 Å². The fourth-order valence-electron chi connectivity index (χ4n) is 20.2. The van der Waals surface area contributed by atoms with Crippen molar-refractivity contribution in [3.8, 4) is 0 Å². The van der Waals surface area contributed by atoms with Crippen LogP contribution < -0.4 is 0 Å². The predicted molar refractivity (Wildman–Crippen MR) is 533 cm³/mol. The Balaban J connectivity index is 0.000000742. The highest BCUT2D eigenvalue weighted by Crippen LogP contribution is 2.40. The first-order chi connectivity index (χ1) is 56.4. The van der Waals surface area contributed by atoms with Gasteiger partial charge in [0.15, 0.2) is 0 Å². The van der Waals surface area contributed by atoms with Gasteiger partial charge in [-0.15, -0.1) is 0 Å². The maximum atomic E-state index is 5.16. The summed E-state index contributed by atoms with van der Waals surface area (Å²) in [4.78, 5) is 4.81. The summed E-state index contributed by atoms with van der Waals surface area (Å²) < 4.78 is 0. The molecule has 0 aromatic heterocycles. The molecule has 10 rings (SSSR count). The molecule has 0 heterocycles. The Bertz CT molecular complexity index is 2510. The second kappa shape index (κ2) is 75.9. The van der Waals surface area contributed by atoms with Crippen LogP contribution in [0.3, 0.4) is 0 Å². The molecule has 5 aliphatic carbocycles. The fourth-order valence-corrected chi connectivity index (χ4v) is 20.9. The molecule has 5 saturated carbocycles. The molecular weight excluding hydrogens is 1580 g/mol. The van der Waals surface area contributed by atoms with Crippen molar-refractivity contribution in [2.24, 2.45) is 59.2 Å². The van der Waals surface area contributed by atoms with Gasteiger partial charge in [0, 0.05) is 24.5 Å². The van der Waals surface area contributed by atoms with Crippen LogP contribution in [0.25, 0.3) is 0 Å². The standard InChI is InChI=1S/5C22H35S.5FH/c5*1-2-3-4-5-6-7-8-19-9-11-20(12-10-19)13-14-21-15-17-22(23)18-16-21;;;;;/h5*15-20H,2-14H2,1H3;5*1H/t5*19-,20-;;;;;. The van der Waals surface area contributed by atoms with Gasteiger partial charge in [-0.1, -0.05) is 512 Å². The van der Waals surface area contributed by atoms with E-state index in [1.165, 1.54) is 445 Å². The maximum absolute atomic E-state index is 5.16. The van der Waals surface area contributed by atoms with E-state index < -0.39 is 0 Å². The first kappa shape index (κ1) is 115. The predicted octanol–water partition coefficient (Wildman–Crippen LogP) is 39.4. The zero-order chi connectivity index (χ0) is 81.7. The summed E-state index contributed by atoms with van der Waals surface area (Å²) in [5, 5.41) is 0. The van der Waals surface area contributed by atoms with Gasteiger partial charge in [0.25, 0.3) is 0 Å². The molecule has 685 valence electrons. The van der Waals surface area contributed by atoms with Gasteiger partial charge < -0.3 is 0 Å². The average Bonchev–Trinajstić information content (AvgIpc) is 0.908. The summed E-state index contributed by atoms with van der Waals surface area (Å²) in [6, 6.07) is 42.9. The lowest BCUT2D eigenvalue weighted by Gasteiger charge is -2.28. The number of benzene rings is 5. The second-order valence-electron chi connectivity index (χ2n) is 38.1. The lowest BCUT2D eigenvalue weighted by atomic mass is 9.78. The Hall–Kier alpha value is -3.15. The van der Waals surface area contributed by atoms with Crippen molar-refractivity contribution in [3.05, 3.63) is 149 Å². The van der Waals surface area contributed by atoms with Gasteiger partial charge in [0.2, 0.25) is 0 Å². The highest BCUT2D eigenvalue weighted by atomic mass is 32.1. The van der Waals surface area contributed by atoms with Crippen molar-refractivity contribution in [1.82, 2.24) is 0 Å². The van der Waals surface area contributed by atoms with Crippen molar-refractivity contribution in [2.45, 2.75) is 476 Å². The third-order valence-electron chi connectivity index (χ3n) is 28.5. The first-order valence-electron chi connectivity index (χ1n) is 50.2. The quantitative estimate of drug-likeness (QED) is 0.0269. The van der Waals surface area contributed by atoms with Crippen LogP contribution in [0, 0.1) is 59.2 Å². The van der Waals surface area contributed by atoms with Gasteiger partial charge in [-0.2, -0.15) is 0 Å². The normalized spacial score (nSPS) is 20.5. The number of unbranched alkanes of at least 4 members (excludes halogenated alkanes) is 25.